The second-order valence-corrected chi connectivity index (χ2v) is 34.8. The van der Waals surface area contributed by atoms with Gasteiger partial charge in [0.25, 0.3) is 0 Å². The van der Waals surface area contributed by atoms with Gasteiger partial charge < -0.3 is 18.3 Å². The summed E-state index contributed by atoms with van der Waals surface area (Å²) in [6.07, 6.45) is 7.12. The molecule has 7 nitrogen and oxygen atoms in total. The van der Waals surface area contributed by atoms with Gasteiger partial charge in [-0.1, -0.05) is 172 Å². The lowest BCUT2D eigenvalue weighted by Crippen LogP contribution is -1.99. The van der Waals surface area contributed by atoms with E-state index in [2.05, 4.69) is 130 Å². The van der Waals surface area contributed by atoms with Crippen LogP contribution in [0.4, 0.5) is 11.4 Å². The number of carbonyl (C=O) groups excluding carboxylic acids is 1. The molecule has 20 heteroatoms. The van der Waals surface area contributed by atoms with Gasteiger partial charge in [-0.25, -0.2) is 4.79 Å². The maximum absolute atomic E-state index is 11.4. The first-order valence-electron chi connectivity index (χ1n) is 33.9. The van der Waals surface area contributed by atoms with Gasteiger partial charge in [-0.05, 0) is 229 Å². The molecule has 552 valence electrons. The Kier molecular flexibility index (Phi) is 30.5. The van der Waals surface area contributed by atoms with Crippen LogP contribution in [-0.2, 0) is 17.1 Å². The predicted octanol–water partition coefficient (Wildman–Crippen LogP) is 31.9. The van der Waals surface area contributed by atoms with Crippen LogP contribution < -0.4 is 4.74 Å². The van der Waals surface area contributed by atoms with Gasteiger partial charge in [-0.2, -0.15) is 0 Å². The van der Waals surface area contributed by atoms with Crippen molar-refractivity contribution in [2.45, 2.75) is 86.5 Å². The van der Waals surface area contributed by atoms with E-state index in [0.717, 1.165) is 65.8 Å². The summed E-state index contributed by atoms with van der Waals surface area (Å²) in [5, 5.41) is 10.4. The molecule has 0 N–H and O–H groups in total. The summed E-state index contributed by atoms with van der Waals surface area (Å²) in [5.74, 6) is 3.49. The van der Waals surface area contributed by atoms with Crippen molar-refractivity contribution in [3.05, 3.63) is 334 Å². The zero-order chi connectivity index (χ0) is 77.1. The second-order valence-electron chi connectivity index (χ2n) is 24.6. The van der Waals surface area contributed by atoms with E-state index in [1.54, 1.807) is 101 Å². The molecule has 0 aliphatic heterocycles. The summed E-state index contributed by atoms with van der Waals surface area (Å²) >= 11 is 52.6. The fraction of sp³-hybridized carbons (Fsp3) is 0.148. The van der Waals surface area contributed by atoms with E-state index in [-0.39, 0.29) is 5.97 Å². The maximum Gasteiger partial charge on any atom is 0.348 e. The zero-order valence-electron chi connectivity index (χ0n) is 60.9. The highest BCUT2D eigenvalue weighted by Crippen LogP contribution is 2.39. The number of carbonyl (C=O) groups is 1. The molecule has 16 rings (SSSR count). The molecule has 0 aliphatic carbocycles. The van der Waals surface area contributed by atoms with Gasteiger partial charge in [0.2, 0.25) is 0 Å². The molecule has 0 spiro atoms. The molecule has 9 aromatic carbocycles. The van der Waals surface area contributed by atoms with Crippen molar-refractivity contribution < 1.29 is 23.1 Å². The number of fused-ring (bicyclic) bond motifs is 5. The summed E-state index contributed by atoms with van der Waals surface area (Å²) in [7, 11) is 1.41. The third-order valence-electron chi connectivity index (χ3n) is 17.0. The molecule has 7 heterocycles. The Hall–Kier alpha value is -7.67. The number of thioether (sulfide) groups is 1. The zero-order valence-corrected chi connectivity index (χ0v) is 71.1. The maximum atomic E-state index is 11.4. The number of hydrogen-bond donors (Lipinski definition) is 0. The van der Waals surface area contributed by atoms with Crippen molar-refractivity contribution in [3.8, 4) is 5.75 Å². The van der Waals surface area contributed by atoms with Crippen molar-refractivity contribution >= 4 is 230 Å². The largest absolute Gasteiger partial charge is 0.487 e. The highest BCUT2D eigenvalue weighted by Gasteiger charge is 2.17. The van der Waals surface area contributed by atoms with Crippen LogP contribution in [-0.4, -0.2) is 25.5 Å². The Labute approximate surface area is 690 Å². The van der Waals surface area contributed by atoms with Gasteiger partial charge in [-0.3, -0.25) is 9.98 Å². The van der Waals surface area contributed by atoms with Crippen molar-refractivity contribution in [1.29, 1.82) is 0 Å². The Morgan fingerprint density at radius 2 is 0.852 bits per heavy atom. The minimum Gasteiger partial charge on any atom is -0.487 e. The monoisotopic (exact) mass is 1680 g/mol. The van der Waals surface area contributed by atoms with Gasteiger partial charge in [0, 0.05) is 124 Å². The first-order valence-corrected chi connectivity index (χ1v) is 41.6. The molecular weight excluding hydrogens is 1610 g/mol. The van der Waals surface area contributed by atoms with Crippen LogP contribution in [0.5, 0.6) is 5.75 Å². The van der Waals surface area contributed by atoms with E-state index >= 15 is 0 Å². The minimum atomic E-state index is -0.247. The van der Waals surface area contributed by atoms with Crippen LogP contribution >= 0.6 is 150 Å². The molecule has 0 radical (unpaired) electrons. The van der Waals surface area contributed by atoms with Gasteiger partial charge in [0.1, 0.15) is 28.8 Å². The van der Waals surface area contributed by atoms with Crippen molar-refractivity contribution in [1.82, 2.24) is 0 Å². The van der Waals surface area contributed by atoms with Gasteiger partial charge in [0.15, 0.2) is 0 Å². The fourth-order valence-electron chi connectivity index (χ4n) is 10.9. The lowest BCUT2D eigenvalue weighted by molar-refractivity contribution is 0.0605. The van der Waals surface area contributed by atoms with Gasteiger partial charge >= 0.3 is 5.97 Å². The molecule has 0 atom stereocenters. The number of hydrogen-bond acceptors (Lipinski definition) is 13. The number of aryl methyl sites for hydroxylation is 10. The lowest BCUT2D eigenvalue weighted by atomic mass is 10.1. The molecule has 16 aromatic rings. The molecule has 0 bridgehead atoms. The molecule has 0 saturated carbocycles. The van der Waals surface area contributed by atoms with Crippen LogP contribution in [0.2, 0.25) is 35.2 Å². The molecule has 0 saturated heterocycles. The summed E-state index contributed by atoms with van der Waals surface area (Å²) in [5.41, 5.74) is 11.2. The average Bonchev–Trinajstić information content (AvgIpc) is 1.69. The molecule has 0 fully saturated rings. The Balaban J connectivity index is 0.000000138. The Morgan fingerprint density at radius 3 is 1.32 bits per heavy atom. The summed E-state index contributed by atoms with van der Waals surface area (Å²) in [6.45, 7) is 21.1. The number of rotatable bonds is 11. The van der Waals surface area contributed by atoms with Crippen LogP contribution in [0.1, 0.15) is 85.2 Å². The van der Waals surface area contributed by atoms with Crippen LogP contribution in [0, 0.1) is 69.2 Å². The second kappa shape index (κ2) is 39.8. The number of methoxy groups -OCH3 is 1. The predicted molar refractivity (Wildman–Crippen MR) is 474 cm³/mol. The van der Waals surface area contributed by atoms with E-state index in [9.17, 15) is 4.79 Å². The first-order chi connectivity index (χ1) is 51.9. The molecule has 0 unspecified atom stereocenters. The SMILES string of the molecule is COC(=O)c1sc2ccccc2c1C.Cc1ccc(SCc2c(C)sc3ccccc23)cc1.Cc1ccoc1C.Cc1ccoc1C.Cc1sc2ccc(Cl)cc2c1C=Nc1cc(Cl)cc(Cl)c1.Cc1sc2ccccc2c1C=Nc1cc(Cl)cc(Cl)c1.Cc1sc2ccccc2c1COc1ccc(Cl)cc1Cl. The number of furan rings is 2. The average molecular weight is 1680 g/mol. The lowest BCUT2D eigenvalue weighted by Gasteiger charge is -2.08. The number of halogens is 7. The molecular formula is C88H75Cl7N2O5S6. The van der Waals surface area contributed by atoms with E-state index < -0.39 is 0 Å². The van der Waals surface area contributed by atoms with E-state index in [0.29, 0.717) is 47.4 Å². The van der Waals surface area contributed by atoms with E-state index in [1.807, 2.05) is 137 Å². The number of aliphatic imine (C=N–C) groups is 2. The summed E-state index contributed by atoms with van der Waals surface area (Å²) in [4.78, 5) is 27.6. The quantitative estimate of drug-likeness (QED) is 0.0729. The third-order valence-corrected chi connectivity index (χ3v) is 25.4. The van der Waals surface area contributed by atoms with Crippen LogP contribution in [0.3, 0.4) is 0 Å². The van der Waals surface area contributed by atoms with Crippen LogP contribution in [0.15, 0.2) is 242 Å². The molecule has 108 heavy (non-hydrogen) atoms. The summed E-state index contributed by atoms with van der Waals surface area (Å²) < 4.78 is 26.8. The highest BCUT2D eigenvalue weighted by atomic mass is 35.5. The highest BCUT2D eigenvalue weighted by molar-refractivity contribution is 7.98. The number of ether oxygens (including phenoxy) is 2. The normalized spacial score (nSPS) is 10.9. The van der Waals surface area contributed by atoms with Crippen molar-refractivity contribution in [2.75, 3.05) is 7.11 Å². The Morgan fingerprint density at radius 1 is 0.426 bits per heavy atom. The van der Waals surface area contributed by atoms with E-state index in [1.165, 1.54) is 106 Å². The first kappa shape index (κ1) is 82.8. The summed E-state index contributed by atoms with van der Waals surface area (Å²) in [6, 6.07) is 67.8. The molecule has 0 amide bonds. The number of benzene rings is 9. The smallest absolute Gasteiger partial charge is 0.348 e. The van der Waals surface area contributed by atoms with Crippen molar-refractivity contribution in [2.24, 2.45) is 9.98 Å². The number of esters is 1. The van der Waals surface area contributed by atoms with Gasteiger partial charge in [-0.15, -0.1) is 68.4 Å². The van der Waals surface area contributed by atoms with Crippen molar-refractivity contribution in [3.63, 3.8) is 0 Å². The molecule has 0 aliphatic rings. The number of nitrogens with zero attached hydrogens (tertiary/aromatic N) is 2. The van der Waals surface area contributed by atoms with E-state index in [4.69, 9.17) is 99.5 Å². The Bertz CT molecular complexity index is 5690. The third kappa shape index (κ3) is 22.8. The topological polar surface area (TPSA) is 86.5 Å². The number of thiophene rings is 5. The molecule has 7 aromatic heterocycles. The fourth-order valence-corrected chi connectivity index (χ4v) is 19.0. The van der Waals surface area contributed by atoms with Crippen LogP contribution in [0.25, 0.3) is 50.4 Å². The van der Waals surface area contributed by atoms with Gasteiger partial charge in [0.05, 0.1) is 36.0 Å². The minimum absolute atomic E-state index is 0.247. The standard InChI is InChI=1S/C17H16S2.C16H10Cl3NS.C16H11Cl2NS.C16H12Cl2OS.C11H10O2S.2C6H8O/c1-12-7-9-14(10-8-12)18-11-16-13(2)19-17-6-4-3-5-15(16)17;1-9-15(14-7-10(17)2-3-16(14)21-9)8-20-13-5-11(18)4-12(19)6-13;1-10-15(14-4-2-3-5-16(14)20-10)9-19-13-7-11(17)6-12(18)8-13;1-10-13(12-4-2-3-5-16(12)20-10)9-19-15-7-6-11(17)8-14(15)18;1-7-8-5-3-4-6-9(8)14-10(7)11(12)13-2;2*1-5-3-4-7-6(5)2/h3-10H,11H2,1-2H3;2-8H,1H3;2-9H,1H3;2-8H,9H2,1H3;3-6H,1-2H3;2*3-4H,1-2H3.